The van der Waals surface area contributed by atoms with Crippen molar-refractivity contribution in [3.05, 3.63) is 42.8 Å². The number of hydrogen-bond donors (Lipinski definition) is 1. The Balaban J connectivity index is 2.52. The van der Waals surface area contributed by atoms with Crippen LogP contribution in [-0.2, 0) is 0 Å². The van der Waals surface area contributed by atoms with Crippen LogP contribution in [0.3, 0.4) is 0 Å². The molecular weight excluding hydrogens is 403 g/mol. The van der Waals surface area contributed by atoms with Gasteiger partial charge in [0.05, 0.1) is 20.3 Å². The summed E-state index contributed by atoms with van der Waals surface area (Å²) < 4.78 is 16.1. The predicted octanol–water partition coefficient (Wildman–Crippen LogP) is 4.43. The van der Waals surface area contributed by atoms with E-state index >= 15 is 0 Å². The van der Waals surface area contributed by atoms with Gasteiger partial charge in [0.25, 0.3) is 0 Å². The van der Waals surface area contributed by atoms with Crippen LogP contribution in [0.5, 0.6) is 0 Å². The fourth-order valence-electron chi connectivity index (χ4n) is 1.83. The van der Waals surface area contributed by atoms with E-state index < -0.39 is 5.82 Å². The minimum absolute atomic E-state index is 0.000137. The summed E-state index contributed by atoms with van der Waals surface area (Å²) in [5.74, 6) is 0.0297. The Labute approximate surface area is 134 Å². The van der Waals surface area contributed by atoms with Gasteiger partial charge in [0.15, 0.2) is 0 Å². The van der Waals surface area contributed by atoms with Crippen LogP contribution in [0.15, 0.2) is 12.1 Å². The first-order valence-electron chi connectivity index (χ1n) is 5.47. The third-order valence-corrected chi connectivity index (χ3v) is 4.85. The van der Waals surface area contributed by atoms with Crippen molar-refractivity contribution >= 4 is 51.6 Å². The van der Waals surface area contributed by atoms with Crippen molar-refractivity contribution in [2.45, 2.75) is 19.9 Å². The van der Waals surface area contributed by atoms with E-state index in [1.807, 2.05) is 13.8 Å². The van der Waals surface area contributed by atoms with Gasteiger partial charge in [-0.3, -0.25) is 0 Å². The Kier molecular flexibility index (Phi) is 4.27. The monoisotopic (exact) mass is 413 g/mol. The van der Waals surface area contributed by atoms with Gasteiger partial charge in [-0.15, -0.1) is 0 Å². The van der Waals surface area contributed by atoms with Crippen LogP contribution in [0.2, 0.25) is 10.0 Å². The van der Waals surface area contributed by atoms with Gasteiger partial charge >= 0.3 is 0 Å². The van der Waals surface area contributed by atoms with Crippen LogP contribution >= 0.6 is 45.8 Å². The lowest BCUT2D eigenvalue weighted by Gasteiger charge is -2.16. The topological polar surface area (TPSA) is 43.8 Å². The van der Waals surface area contributed by atoms with Crippen molar-refractivity contribution in [3.63, 3.8) is 0 Å². The Morgan fingerprint density at radius 1 is 1.37 bits per heavy atom. The summed E-state index contributed by atoms with van der Waals surface area (Å²) in [4.78, 5) is 0. The first kappa shape index (κ1) is 14.9. The maximum Gasteiger partial charge on any atom is 0.142 e. The molecule has 2 aromatic rings. The molecule has 0 radical (unpaired) electrons. The summed E-state index contributed by atoms with van der Waals surface area (Å²) in [5.41, 5.74) is 7.41. The first-order valence-corrected chi connectivity index (χ1v) is 7.31. The van der Waals surface area contributed by atoms with Crippen molar-refractivity contribution in [1.82, 2.24) is 9.78 Å². The maximum absolute atomic E-state index is 13.6. The summed E-state index contributed by atoms with van der Waals surface area (Å²) in [6.07, 6.45) is 0. The standard InChI is InChI=1S/C12H11Cl2FIN3/c1-5-11(16)12(17)19(18-5)6(2)7-3-10(15)9(14)4-8(7)13/h3-4,6H,17H2,1-2H3. The molecule has 0 aliphatic carbocycles. The van der Waals surface area contributed by atoms with Crippen LogP contribution in [0, 0.1) is 16.3 Å². The second-order valence-electron chi connectivity index (χ2n) is 4.19. The molecule has 1 aromatic carbocycles. The van der Waals surface area contributed by atoms with E-state index in [-0.39, 0.29) is 11.1 Å². The summed E-state index contributed by atoms with van der Waals surface area (Å²) in [7, 11) is 0. The van der Waals surface area contributed by atoms with Gasteiger partial charge in [-0.05, 0) is 54.1 Å². The van der Waals surface area contributed by atoms with Crippen molar-refractivity contribution in [2.75, 3.05) is 5.73 Å². The molecule has 2 N–H and O–H groups in total. The highest BCUT2D eigenvalue weighted by atomic mass is 127. The third-order valence-electron chi connectivity index (χ3n) is 2.90. The largest absolute Gasteiger partial charge is 0.383 e. The number of hydrogen-bond acceptors (Lipinski definition) is 2. The zero-order chi connectivity index (χ0) is 14.3. The SMILES string of the molecule is Cc1nn(C(C)c2cc(F)c(Cl)cc2Cl)c(N)c1I. The van der Waals surface area contributed by atoms with E-state index in [1.54, 1.807) is 4.68 Å². The lowest BCUT2D eigenvalue weighted by atomic mass is 10.1. The second-order valence-corrected chi connectivity index (χ2v) is 6.09. The number of nitrogens with two attached hydrogens (primary N) is 1. The molecule has 19 heavy (non-hydrogen) atoms. The molecule has 1 unspecified atom stereocenters. The van der Waals surface area contributed by atoms with E-state index in [0.29, 0.717) is 16.4 Å². The Morgan fingerprint density at radius 2 is 2.00 bits per heavy atom. The lowest BCUT2D eigenvalue weighted by Crippen LogP contribution is -2.12. The number of aryl methyl sites for hydroxylation is 1. The number of benzene rings is 1. The zero-order valence-electron chi connectivity index (χ0n) is 10.2. The van der Waals surface area contributed by atoms with Crippen LogP contribution < -0.4 is 5.73 Å². The molecule has 0 spiro atoms. The Hall–Kier alpha value is -0.530. The smallest absolute Gasteiger partial charge is 0.142 e. The maximum atomic E-state index is 13.6. The number of nitrogens with zero attached hydrogens (tertiary/aromatic N) is 2. The fourth-order valence-corrected chi connectivity index (χ4v) is 2.73. The highest BCUT2D eigenvalue weighted by molar-refractivity contribution is 14.1. The molecule has 3 nitrogen and oxygen atoms in total. The van der Waals surface area contributed by atoms with Gasteiger partial charge in [-0.1, -0.05) is 23.2 Å². The molecule has 0 amide bonds. The minimum atomic E-state index is -0.509. The van der Waals surface area contributed by atoms with Crippen molar-refractivity contribution in [3.8, 4) is 0 Å². The summed E-state index contributed by atoms with van der Waals surface area (Å²) in [6.45, 7) is 3.72. The van der Waals surface area contributed by atoms with Gasteiger partial charge in [0.2, 0.25) is 0 Å². The van der Waals surface area contributed by atoms with Crippen molar-refractivity contribution in [2.24, 2.45) is 0 Å². The zero-order valence-corrected chi connectivity index (χ0v) is 13.9. The van der Waals surface area contributed by atoms with Crippen LogP contribution in [0.25, 0.3) is 0 Å². The molecule has 7 heteroatoms. The summed E-state index contributed by atoms with van der Waals surface area (Å²) in [6, 6.07) is 2.43. The number of nitrogen functional groups attached to an aromatic ring is 1. The van der Waals surface area contributed by atoms with E-state index in [1.165, 1.54) is 12.1 Å². The summed E-state index contributed by atoms with van der Waals surface area (Å²) in [5, 5.41) is 4.74. The van der Waals surface area contributed by atoms with Gasteiger partial charge in [0.1, 0.15) is 11.6 Å². The molecular formula is C12H11Cl2FIN3. The number of aromatic nitrogens is 2. The number of halogens is 4. The fraction of sp³-hybridized carbons (Fsp3) is 0.250. The average Bonchev–Trinajstić information content (AvgIpc) is 2.61. The molecule has 1 heterocycles. The van der Waals surface area contributed by atoms with Gasteiger partial charge < -0.3 is 5.73 Å². The van der Waals surface area contributed by atoms with Crippen molar-refractivity contribution < 1.29 is 4.39 Å². The molecule has 0 bridgehead atoms. The lowest BCUT2D eigenvalue weighted by molar-refractivity contribution is 0.560. The third kappa shape index (κ3) is 2.68. The second kappa shape index (κ2) is 5.46. The average molecular weight is 414 g/mol. The van der Waals surface area contributed by atoms with Crippen LogP contribution in [0.4, 0.5) is 10.2 Å². The first-order chi connectivity index (χ1) is 8.82. The molecule has 2 rings (SSSR count). The highest BCUT2D eigenvalue weighted by Crippen LogP contribution is 2.32. The molecule has 0 saturated carbocycles. The Morgan fingerprint density at radius 3 is 2.53 bits per heavy atom. The molecule has 102 valence electrons. The van der Waals surface area contributed by atoms with Crippen LogP contribution in [0.1, 0.15) is 24.2 Å². The normalized spacial score (nSPS) is 12.7. The highest BCUT2D eigenvalue weighted by Gasteiger charge is 2.19. The van der Waals surface area contributed by atoms with E-state index in [9.17, 15) is 4.39 Å². The van der Waals surface area contributed by atoms with E-state index in [4.69, 9.17) is 28.9 Å². The minimum Gasteiger partial charge on any atom is -0.383 e. The molecule has 0 saturated heterocycles. The predicted molar refractivity (Wildman–Crippen MR) is 84.3 cm³/mol. The Bertz CT molecular complexity index is 642. The van der Waals surface area contributed by atoms with Crippen molar-refractivity contribution in [1.29, 1.82) is 0 Å². The quantitative estimate of drug-likeness (QED) is 0.584. The molecule has 1 aromatic heterocycles. The van der Waals surface area contributed by atoms with Crippen LogP contribution in [-0.4, -0.2) is 9.78 Å². The van der Waals surface area contributed by atoms with Gasteiger partial charge in [-0.25, -0.2) is 9.07 Å². The van der Waals surface area contributed by atoms with E-state index in [0.717, 1.165) is 9.26 Å². The molecule has 0 fully saturated rings. The molecule has 1 atom stereocenters. The molecule has 0 aliphatic heterocycles. The summed E-state index contributed by atoms with van der Waals surface area (Å²) >= 11 is 13.9. The number of rotatable bonds is 2. The molecule has 0 aliphatic rings. The number of anilines is 1. The van der Waals surface area contributed by atoms with Gasteiger partial charge in [0, 0.05) is 5.02 Å². The van der Waals surface area contributed by atoms with E-state index in [2.05, 4.69) is 27.7 Å². The van der Waals surface area contributed by atoms with Gasteiger partial charge in [-0.2, -0.15) is 5.10 Å².